The molecule has 0 spiro atoms. The predicted octanol–water partition coefficient (Wildman–Crippen LogP) is 1.10. The van der Waals surface area contributed by atoms with Crippen LogP contribution in [-0.2, 0) is 4.79 Å². The molecule has 2 heterocycles. The molecule has 5 heteroatoms. The average Bonchev–Trinajstić information content (AvgIpc) is 2.82. The summed E-state index contributed by atoms with van der Waals surface area (Å²) in [7, 11) is 0. The van der Waals surface area contributed by atoms with Crippen molar-refractivity contribution in [2.24, 2.45) is 11.8 Å². The van der Waals surface area contributed by atoms with Gasteiger partial charge in [-0.3, -0.25) is 15.2 Å². The van der Waals surface area contributed by atoms with Crippen molar-refractivity contribution in [1.82, 2.24) is 15.8 Å². The molecule has 1 aromatic rings. The second kappa shape index (κ2) is 4.66. The third-order valence-corrected chi connectivity index (χ3v) is 4.17. The Morgan fingerprint density at radius 2 is 2.06 bits per heavy atom. The van der Waals surface area contributed by atoms with Gasteiger partial charge in [-0.25, -0.2) is 5.43 Å². The standard InChI is InChI=1S/C13H17N3O2/c17-13(18)9-1-2-11-10(7-9)12(16-15-11)8-3-5-14-6-4-8/h3-6,9-12,15-16H,1-2,7H2,(H,17,18). The molecule has 0 bridgehead atoms. The lowest BCUT2D eigenvalue weighted by molar-refractivity contribution is -0.143. The molecule has 2 fully saturated rings. The summed E-state index contributed by atoms with van der Waals surface area (Å²) in [6, 6.07) is 4.57. The molecule has 4 atom stereocenters. The number of carboxylic acids is 1. The number of carbonyl (C=O) groups is 1. The van der Waals surface area contributed by atoms with Crippen molar-refractivity contribution in [3.8, 4) is 0 Å². The highest BCUT2D eigenvalue weighted by atomic mass is 16.4. The van der Waals surface area contributed by atoms with Crippen LogP contribution in [0.3, 0.4) is 0 Å². The van der Waals surface area contributed by atoms with Gasteiger partial charge in [-0.1, -0.05) is 0 Å². The summed E-state index contributed by atoms with van der Waals surface area (Å²) in [6.45, 7) is 0. The molecular weight excluding hydrogens is 230 g/mol. The van der Waals surface area contributed by atoms with Crippen LogP contribution in [-0.4, -0.2) is 22.1 Å². The van der Waals surface area contributed by atoms with Gasteiger partial charge < -0.3 is 5.11 Å². The van der Waals surface area contributed by atoms with Crippen LogP contribution >= 0.6 is 0 Å². The number of rotatable bonds is 2. The number of nitrogens with zero attached hydrogens (tertiary/aromatic N) is 1. The van der Waals surface area contributed by atoms with Crippen LogP contribution in [0.2, 0.25) is 0 Å². The van der Waals surface area contributed by atoms with E-state index in [1.807, 2.05) is 12.1 Å². The third-order valence-electron chi connectivity index (χ3n) is 4.17. The Bertz CT molecular complexity index is 437. The summed E-state index contributed by atoms with van der Waals surface area (Å²) < 4.78 is 0. The summed E-state index contributed by atoms with van der Waals surface area (Å²) in [5.74, 6) is -0.506. The number of aliphatic carboxylic acids is 1. The summed E-state index contributed by atoms with van der Waals surface area (Å²) >= 11 is 0. The van der Waals surface area contributed by atoms with Gasteiger partial charge in [-0.2, -0.15) is 0 Å². The lowest BCUT2D eigenvalue weighted by Crippen LogP contribution is -2.36. The maximum atomic E-state index is 11.1. The minimum atomic E-state index is -0.658. The van der Waals surface area contributed by atoms with Gasteiger partial charge in [0.15, 0.2) is 0 Å². The summed E-state index contributed by atoms with van der Waals surface area (Å²) in [5, 5.41) is 9.16. The number of carboxylic acid groups (broad SMARTS) is 1. The van der Waals surface area contributed by atoms with Gasteiger partial charge in [0.1, 0.15) is 0 Å². The second-order valence-corrected chi connectivity index (χ2v) is 5.17. The molecule has 0 radical (unpaired) electrons. The van der Waals surface area contributed by atoms with E-state index in [0.717, 1.165) is 19.3 Å². The number of fused-ring (bicyclic) bond motifs is 1. The van der Waals surface area contributed by atoms with Crippen molar-refractivity contribution in [1.29, 1.82) is 0 Å². The van der Waals surface area contributed by atoms with Crippen LogP contribution in [0.1, 0.15) is 30.9 Å². The van der Waals surface area contributed by atoms with Crippen molar-refractivity contribution in [3.63, 3.8) is 0 Å². The highest BCUT2D eigenvalue weighted by Gasteiger charge is 2.42. The largest absolute Gasteiger partial charge is 0.481 e. The van der Waals surface area contributed by atoms with Crippen LogP contribution in [0, 0.1) is 11.8 Å². The number of hydrogen-bond donors (Lipinski definition) is 3. The second-order valence-electron chi connectivity index (χ2n) is 5.17. The SMILES string of the molecule is O=C(O)C1CCC2NNC(c3ccncc3)C2C1. The molecule has 1 aromatic heterocycles. The number of hydrazine groups is 1. The first-order valence-corrected chi connectivity index (χ1v) is 6.39. The Kier molecular flexibility index (Phi) is 3.01. The van der Waals surface area contributed by atoms with Crippen molar-refractivity contribution in [2.75, 3.05) is 0 Å². The molecule has 2 aliphatic rings. The number of pyridine rings is 1. The zero-order valence-corrected chi connectivity index (χ0v) is 10.0. The Morgan fingerprint density at radius 1 is 1.28 bits per heavy atom. The number of nitrogens with one attached hydrogen (secondary N) is 2. The smallest absolute Gasteiger partial charge is 0.306 e. The minimum absolute atomic E-state index is 0.195. The predicted molar refractivity (Wildman–Crippen MR) is 65.5 cm³/mol. The van der Waals surface area contributed by atoms with E-state index < -0.39 is 5.97 Å². The van der Waals surface area contributed by atoms with Gasteiger partial charge in [0.2, 0.25) is 0 Å². The Morgan fingerprint density at radius 3 is 2.78 bits per heavy atom. The quantitative estimate of drug-likeness (QED) is 0.729. The zero-order valence-electron chi connectivity index (χ0n) is 10.0. The molecule has 1 aliphatic carbocycles. The molecule has 1 saturated carbocycles. The maximum Gasteiger partial charge on any atom is 0.306 e. The number of hydrogen-bond acceptors (Lipinski definition) is 4. The highest BCUT2D eigenvalue weighted by molar-refractivity contribution is 5.70. The Balaban J connectivity index is 1.80. The van der Waals surface area contributed by atoms with E-state index in [1.54, 1.807) is 12.4 Å². The van der Waals surface area contributed by atoms with Gasteiger partial charge in [0.25, 0.3) is 0 Å². The third kappa shape index (κ3) is 2.00. The maximum absolute atomic E-state index is 11.1. The molecule has 0 amide bonds. The van der Waals surface area contributed by atoms with E-state index in [9.17, 15) is 4.79 Å². The van der Waals surface area contributed by atoms with Crippen LogP contribution < -0.4 is 10.9 Å². The normalized spacial score (nSPS) is 35.1. The monoisotopic (exact) mass is 247 g/mol. The first-order chi connectivity index (χ1) is 8.75. The van der Waals surface area contributed by atoms with E-state index >= 15 is 0 Å². The molecule has 5 nitrogen and oxygen atoms in total. The fourth-order valence-corrected chi connectivity index (χ4v) is 3.18. The van der Waals surface area contributed by atoms with E-state index in [-0.39, 0.29) is 12.0 Å². The highest BCUT2D eigenvalue weighted by Crippen LogP contribution is 2.40. The Hall–Kier alpha value is -1.46. The van der Waals surface area contributed by atoms with E-state index in [4.69, 9.17) is 5.11 Å². The van der Waals surface area contributed by atoms with E-state index in [0.29, 0.717) is 12.0 Å². The molecule has 1 saturated heterocycles. The van der Waals surface area contributed by atoms with Crippen LogP contribution in [0.5, 0.6) is 0 Å². The van der Waals surface area contributed by atoms with Gasteiger partial charge in [-0.15, -0.1) is 0 Å². The van der Waals surface area contributed by atoms with Crippen molar-refractivity contribution >= 4 is 5.97 Å². The van der Waals surface area contributed by atoms with Crippen LogP contribution in [0.15, 0.2) is 24.5 Å². The minimum Gasteiger partial charge on any atom is -0.481 e. The van der Waals surface area contributed by atoms with Crippen LogP contribution in [0.25, 0.3) is 0 Å². The first-order valence-electron chi connectivity index (χ1n) is 6.39. The zero-order chi connectivity index (χ0) is 12.5. The lowest BCUT2D eigenvalue weighted by Gasteiger charge is -2.31. The average molecular weight is 247 g/mol. The Labute approximate surface area is 106 Å². The van der Waals surface area contributed by atoms with Crippen LogP contribution in [0.4, 0.5) is 0 Å². The van der Waals surface area contributed by atoms with Crippen molar-refractivity contribution < 1.29 is 9.90 Å². The molecule has 96 valence electrons. The number of aromatic nitrogens is 1. The van der Waals surface area contributed by atoms with E-state index in [2.05, 4.69) is 15.8 Å². The van der Waals surface area contributed by atoms with Gasteiger partial charge in [-0.05, 0) is 42.9 Å². The molecule has 4 unspecified atom stereocenters. The molecule has 1 aliphatic heterocycles. The summed E-state index contributed by atoms with van der Waals surface area (Å²) in [6.07, 6.45) is 6.00. The van der Waals surface area contributed by atoms with Gasteiger partial charge >= 0.3 is 5.97 Å². The van der Waals surface area contributed by atoms with E-state index in [1.165, 1.54) is 5.56 Å². The molecule has 3 rings (SSSR count). The van der Waals surface area contributed by atoms with Crippen molar-refractivity contribution in [2.45, 2.75) is 31.3 Å². The molecule has 3 N–H and O–H groups in total. The topological polar surface area (TPSA) is 74.2 Å². The fraction of sp³-hybridized carbons (Fsp3) is 0.538. The lowest BCUT2D eigenvalue weighted by atomic mass is 9.74. The van der Waals surface area contributed by atoms with Gasteiger partial charge in [0, 0.05) is 18.4 Å². The fourth-order valence-electron chi connectivity index (χ4n) is 3.18. The first kappa shape index (κ1) is 11.6. The van der Waals surface area contributed by atoms with Crippen molar-refractivity contribution in [3.05, 3.63) is 30.1 Å². The molecule has 18 heavy (non-hydrogen) atoms. The summed E-state index contributed by atoms with van der Waals surface area (Å²) in [5.41, 5.74) is 7.78. The summed E-state index contributed by atoms with van der Waals surface area (Å²) in [4.78, 5) is 15.2. The molecule has 0 aromatic carbocycles. The van der Waals surface area contributed by atoms with Gasteiger partial charge in [0.05, 0.1) is 12.0 Å². The molecular formula is C13H17N3O2.